The van der Waals surface area contributed by atoms with Gasteiger partial charge in [0.15, 0.2) is 5.58 Å². The number of fused-ring (bicyclic) bond motifs is 1. The first-order valence-corrected chi connectivity index (χ1v) is 10.3. The van der Waals surface area contributed by atoms with Gasteiger partial charge in [0.2, 0.25) is 0 Å². The first-order valence-electron chi connectivity index (χ1n) is 10.3. The van der Waals surface area contributed by atoms with Gasteiger partial charge in [0.1, 0.15) is 6.17 Å². The lowest BCUT2D eigenvalue weighted by molar-refractivity contribution is 0.184. The van der Waals surface area contributed by atoms with Gasteiger partial charge in [-0.1, -0.05) is 30.3 Å². The van der Waals surface area contributed by atoms with Crippen molar-refractivity contribution in [1.82, 2.24) is 9.80 Å². The Kier molecular flexibility index (Phi) is 4.64. The molecule has 5 rings (SSSR count). The number of nitrogens with zero attached hydrogens (tertiary/aromatic N) is 4. The lowest BCUT2D eigenvalue weighted by atomic mass is 10.2. The van der Waals surface area contributed by atoms with E-state index < -0.39 is 0 Å². The molecule has 2 aromatic carbocycles. The minimum atomic E-state index is 0.0754. The number of carbonyl (C=O) groups excluding carboxylic acids is 1. The second-order valence-corrected chi connectivity index (χ2v) is 7.65. The van der Waals surface area contributed by atoms with Crippen molar-refractivity contribution in [2.75, 3.05) is 49.1 Å². The van der Waals surface area contributed by atoms with Crippen LogP contribution >= 0.6 is 0 Å². The van der Waals surface area contributed by atoms with Crippen molar-refractivity contribution >= 4 is 28.4 Å². The van der Waals surface area contributed by atoms with Crippen LogP contribution in [0.3, 0.4) is 0 Å². The molecule has 1 aromatic heterocycles. The summed E-state index contributed by atoms with van der Waals surface area (Å²) >= 11 is 0. The highest BCUT2D eigenvalue weighted by molar-refractivity contribution is 5.95. The van der Waals surface area contributed by atoms with Crippen molar-refractivity contribution in [3.8, 4) is 0 Å². The first kappa shape index (κ1) is 18.1. The summed E-state index contributed by atoms with van der Waals surface area (Å²) in [7, 11) is 0. The van der Waals surface area contributed by atoms with E-state index in [9.17, 15) is 4.79 Å². The smallest absolute Gasteiger partial charge is 0.325 e. The molecule has 6 heteroatoms. The summed E-state index contributed by atoms with van der Waals surface area (Å²) in [6.07, 6.45) is 1.83. The zero-order valence-corrected chi connectivity index (χ0v) is 16.7. The number of likely N-dealkylation sites (N-methyl/N-ethyl adjacent to an activating group) is 1. The molecule has 2 aliphatic rings. The van der Waals surface area contributed by atoms with E-state index in [2.05, 4.69) is 28.0 Å². The second kappa shape index (κ2) is 7.44. The van der Waals surface area contributed by atoms with E-state index in [1.165, 1.54) is 0 Å². The van der Waals surface area contributed by atoms with Gasteiger partial charge in [0.05, 0.1) is 18.5 Å². The lowest BCUT2D eigenvalue weighted by Gasteiger charge is -2.41. The van der Waals surface area contributed by atoms with E-state index in [1.54, 1.807) is 6.26 Å². The molecule has 2 amide bonds. The number of rotatable bonds is 4. The highest BCUT2D eigenvalue weighted by atomic mass is 16.3. The van der Waals surface area contributed by atoms with Crippen LogP contribution in [0.1, 0.15) is 6.92 Å². The van der Waals surface area contributed by atoms with E-state index in [0.717, 1.165) is 61.6 Å². The molecule has 6 nitrogen and oxygen atoms in total. The van der Waals surface area contributed by atoms with Crippen LogP contribution in [0.25, 0.3) is 11.0 Å². The number of urea groups is 1. The van der Waals surface area contributed by atoms with Gasteiger partial charge in [0.25, 0.3) is 0 Å². The molecular weight excluding hydrogens is 364 g/mol. The maximum atomic E-state index is 13.0. The van der Waals surface area contributed by atoms with E-state index in [1.807, 2.05) is 53.1 Å². The molecule has 3 heterocycles. The van der Waals surface area contributed by atoms with Crippen LogP contribution in [0.2, 0.25) is 0 Å². The summed E-state index contributed by atoms with van der Waals surface area (Å²) < 4.78 is 5.73. The van der Waals surface area contributed by atoms with Crippen LogP contribution in [0.15, 0.2) is 65.3 Å². The van der Waals surface area contributed by atoms with E-state index in [4.69, 9.17) is 4.42 Å². The van der Waals surface area contributed by atoms with Crippen molar-refractivity contribution in [3.05, 3.63) is 60.9 Å². The molecule has 2 fully saturated rings. The van der Waals surface area contributed by atoms with Crippen molar-refractivity contribution in [2.45, 2.75) is 13.1 Å². The molecule has 150 valence electrons. The van der Waals surface area contributed by atoms with Gasteiger partial charge in [-0.25, -0.2) is 4.79 Å². The number of carbonyl (C=O) groups is 1. The highest BCUT2D eigenvalue weighted by Crippen LogP contribution is 2.31. The van der Waals surface area contributed by atoms with E-state index in [-0.39, 0.29) is 12.2 Å². The zero-order valence-electron chi connectivity index (χ0n) is 16.7. The minimum absolute atomic E-state index is 0.0754. The number of para-hydroxylation sites is 2. The number of hydrogen-bond acceptors (Lipinski definition) is 4. The van der Waals surface area contributed by atoms with Crippen molar-refractivity contribution < 1.29 is 9.21 Å². The Labute approximate surface area is 170 Å². The normalized spacial score (nSPS) is 20.8. The summed E-state index contributed by atoms with van der Waals surface area (Å²) in [6, 6.07) is 18.5. The summed E-state index contributed by atoms with van der Waals surface area (Å²) in [6.45, 7) is 7.19. The number of piperazine rings is 1. The van der Waals surface area contributed by atoms with Crippen LogP contribution in [0.4, 0.5) is 16.2 Å². The van der Waals surface area contributed by atoms with Gasteiger partial charge in [-0.3, -0.25) is 9.80 Å². The molecule has 2 saturated heterocycles. The number of amides is 2. The third-order valence-corrected chi connectivity index (χ3v) is 6.11. The Hall–Kier alpha value is -2.99. The molecule has 0 bridgehead atoms. The van der Waals surface area contributed by atoms with Crippen molar-refractivity contribution in [1.29, 1.82) is 0 Å². The van der Waals surface area contributed by atoms with Gasteiger partial charge in [-0.15, -0.1) is 0 Å². The van der Waals surface area contributed by atoms with Gasteiger partial charge >= 0.3 is 6.03 Å². The van der Waals surface area contributed by atoms with E-state index >= 15 is 0 Å². The predicted molar refractivity (Wildman–Crippen MR) is 115 cm³/mol. The van der Waals surface area contributed by atoms with Gasteiger partial charge in [-0.05, 0) is 31.2 Å². The van der Waals surface area contributed by atoms with Gasteiger partial charge in [0, 0.05) is 43.8 Å². The minimum Gasteiger partial charge on any atom is -0.462 e. The van der Waals surface area contributed by atoms with Crippen LogP contribution < -0.4 is 9.80 Å². The summed E-state index contributed by atoms with van der Waals surface area (Å²) in [5.41, 5.74) is 3.09. The molecule has 29 heavy (non-hydrogen) atoms. The van der Waals surface area contributed by atoms with Crippen LogP contribution in [-0.4, -0.2) is 61.3 Å². The SMILES string of the molecule is CCN1CC(N2CCN(c3cccc4ccoc34)CC2)N(c2ccccc2)C1=O. The largest absolute Gasteiger partial charge is 0.462 e. The molecule has 1 unspecified atom stereocenters. The molecular formula is C23H26N4O2. The maximum absolute atomic E-state index is 13.0. The first-order chi connectivity index (χ1) is 14.3. The third kappa shape index (κ3) is 3.13. The lowest BCUT2D eigenvalue weighted by Crippen LogP contribution is -2.55. The Morgan fingerprint density at radius 1 is 0.966 bits per heavy atom. The molecule has 2 aliphatic heterocycles. The van der Waals surface area contributed by atoms with Crippen LogP contribution in [0, 0.1) is 0 Å². The quantitative estimate of drug-likeness (QED) is 0.679. The predicted octanol–water partition coefficient (Wildman–Crippen LogP) is 3.84. The fraction of sp³-hybridized carbons (Fsp3) is 0.348. The van der Waals surface area contributed by atoms with Crippen LogP contribution in [-0.2, 0) is 0 Å². The van der Waals surface area contributed by atoms with Crippen LogP contribution in [0.5, 0.6) is 0 Å². The molecule has 3 aromatic rings. The average molecular weight is 390 g/mol. The topological polar surface area (TPSA) is 43.2 Å². The molecule has 0 spiro atoms. The van der Waals surface area contributed by atoms with Gasteiger partial charge in [-0.2, -0.15) is 0 Å². The number of furan rings is 1. The fourth-order valence-electron chi connectivity index (χ4n) is 4.54. The Bertz CT molecular complexity index is 994. The standard InChI is InChI=1S/C23H26N4O2/c1-2-24-17-21(27(23(24)28)19-8-4-3-5-9-19)26-14-12-25(13-15-26)20-10-6-7-18-11-16-29-22(18)20/h3-11,16,21H,2,12-15,17H2,1H3. The van der Waals surface area contributed by atoms with E-state index in [0.29, 0.717) is 0 Å². The zero-order chi connectivity index (χ0) is 19.8. The second-order valence-electron chi connectivity index (χ2n) is 7.65. The Morgan fingerprint density at radius 2 is 1.76 bits per heavy atom. The van der Waals surface area contributed by atoms with Gasteiger partial charge < -0.3 is 14.2 Å². The third-order valence-electron chi connectivity index (χ3n) is 6.11. The molecule has 1 atom stereocenters. The number of anilines is 2. The molecule has 0 saturated carbocycles. The average Bonchev–Trinajstić information content (AvgIpc) is 3.38. The Morgan fingerprint density at radius 3 is 2.52 bits per heavy atom. The summed E-state index contributed by atoms with van der Waals surface area (Å²) in [5.74, 6) is 0. The molecule has 0 N–H and O–H groups in total. The molecule has 0 aliphatic carbocycles. The monoisotopic (exact) mass is 390 g/mol. The Balaban J connectivity index is 1.35. The number of benzene rings is 2. The number of hydrogen-bond donors (Lipinski definition) is 0. The van der Waals surface area contributed by atoms with Crippen molar-refractivity contribution in [3.63, 3.8) is 0 Å². The molecule has 0 radical (unpaired) electrons. The highest BCUT2D eigenvalue weighted by Gasteiger charge is 2.41. The van der Waals surface area contributed by atoms with Crippen molar-refractivity contribution in [2.24, 2.45) is 0 Å². The fourth-order valence-corrected chi connectivity index (χ4v) is 4.54. The maximum Gasteiger partial charge on any atom is 0.325 e. The summed E-state index contributed by atoms with van der Waals surface area (Å²) in [4.78, 5) is 21.7. The summed E-state index contributed by atoms with van der Waals surface area (Å²) in [5, 5.41) is 1.14.